The van der Waals surface area contributed by atoms with Crippen LogP contribution in [0.25, 0.3) is 0 Å². The molecule has 0 fully saturated rings. The molecule has 0 aromatic carbocycles. The molecule has 0 bridgehead atoms. The van der Waals surface area contributed by atoms with E-state index in [1.165, 1.54) is 21.3 Å². The van der Waals surface area contributed by atoms with Crippen LogP contribution in [0.3, 0.4) is 0 Å². The molecule has 8 heteroatoms. The molecule has 0 aliphatic rings. The van der Waals surface area contributed by atoms with Gasteiger partial charge in [-0.2, -0.15) is 0 Å². The topological polar surface area (TPSA) is 78.1 Å². The van der Waals surface area contributed by atoms with Gasteiger partial charge >= 0.3 is 9.05 Å². The maximum absolute atomic E-state index is 11.2. The van der Waals surface area contributed by atoms with Gasteiger partial charge in [0.2, 0.25) is 5.91 Å². The lowest BCUT2D eigenvalue weighted by atomic mass is 10.3. The van der Waals surface area contributed by atoms with E-state index in [-0.39, 0.29) is 5.91 Å². The summed E-state index contributed by atoms with van der Waals surface area (Å²) in [7, 11) is 1.63. The van der Waals surface area contributed by atoms with Crippen molar-refractivity contribution in [3.63, 3.8) is 0 Å². The standard InChI is InChI=1S/C13H28N2O5Si/c1-12(2)13(16)15-10-6-8-14-9-7-11-20-21(17-3,18-4)19-5/h14H,1,6-11H2,2-5H3,(H,15,16). The van der Waals surface area contributed by atoms with E-state index in [1.54, 1.807) is 6.92 Å². The van der Waals surface area contributed by atoms with Crippen molar-refractivity contribution in [1.82, 2.24) is 10.6 Å². The summed E-state index contributed by atoms with van der Waals surface area (Å²) in [5.74, 6) is -0.0941. The van der Waals surface area contributed by atoms with Crippen LogP contribution in [0.5, 0.6) is 0 Å². The van der Waals surface area contributed by atoms with Gasteiger partial charge in [0.05, 0.1) is 0 Å². The summed E-state index contributed by atoms with van der Waals surface area (Å²) < 4.78 is 21.0. The smallest absolute Gasteiger partial charge is 0.355 e. The summed E-state index contributed by atoms with van der Waals surface area (Å²) in [6.45, 7) is 8.06. The van der Waals surface area contributed by atoms with E-state index in [4.69, 9.17) is 17.7 Å². The van der Waals surface area contributed by atoms with E-state index >= 15 is 0 Å². The average molecular weight is 320 g/mol. The minimum Gasteiger partial charge on any atom is -0.355 e. The number of rotatable bonds is 13. The first-order valence-electron chi connectivity index (χ1n) is 6.95. The fourth-order valence-corrected chi connectivity index (χ4v) is 2.76. The van der Waals surface area contributed by atoms with E-state index in [0.717, 1.165) is 25.9 Å². The Morgan fingerprint density at radius 2 is 1.62 bits per heavy atom. The molecule has 0 saturated carbocycles. The third-order valence-electron chi connectivity index (χ3n) is 2.73. The van der Waals surface area contributed by atoms with E-state index in [2.05, 4.69) is 17.2 Å². The van der Waals surface area contributed by atoms with Gasteiger partial charge in [-0.25, -0.2) is 0 Å². The molecule has 0 aromatic heterocycles. The quantitative estimate of drug-likeness (QED) is 0.291. The molecule has 0 aliphatic heterocycles. The van der Waals surface area contributed by atoms with Gasteiger partial charge in [-0.1, -0.05) is 6.58 Å². The third kappa shape index (κ3) is 8.97. The van der Waals surface area contributed by atoms with Gasteiger partial charge in [-0.15, -0.1) is 0 Å². The minimum atomic E-state index is -2.91. The van der Waals surface area contributed by atoms with Crippen LogP contribution in [0, 0.1) is 0 Å². The summed E-state index contributed by atoms with van der Waals surface area (Å²) >= 11 is 0. The second kappa shape index (κ2) is 11.8. The highest BCUT2D eigenvalue weighted by molar-refractivity contribution is 6.53. The molecular weight excluding hydrogens is 292 g/mol. The van der Waals surface area contributed by atoms with Crippen LogP contribution in [0.4, 0.5) is 0 Å². The number of hydrogen-bond donors (Lipinski definition) is 2. The molecule has 1 amide bonds. The van der Waals surface area contributed by atoms with Crippen LogP contribution in [0.15, 0.2) is 12.2 Å². The molecule has 0 aliphatic carbocycles. The molecule has 7 nitrogen and oxygen atoms in total. The molecule has 0 unspecified atom stereocenters. The van der Waals surface area contributed by atoms with Crippen molar-refractivity contribution in [3.05, 3.63) is 12.2 Å². The van der Waals surface area contributed by atoms with Gasteiger partial charge in [0, 0.05) is 40.1 Å². The third-order valence-corrected chi connectivity index (χ3v) is 4.79. The summed E-state index contributed by atoms with van der Waals surface area (Å²) in [4.78, 5) is 11.2. The predicted octanol–water partition coefficient (Wildman–Crippen LogP) is 0.440. The molecule has 0 saturated heterocycles. The van der Waals surface area contributed by atoms with Crippen molar-refractivity contribution in [2.24, 2.45) is 0 Å². The first kappa shape index (κ1) is 20.2. The highest BCUT2D eigenvalue weighted by atomic mass is 28.4. The molecule has 0 spiro atoms. The largest absolute Gasteiger partial charge is 0.678 e. The molecule has 0 atom stereocenters. The van der Waals surface area contributed by atoms with Crippen molar-refractivity contribution in [2.45, 2.75) is 19.8 Å². The number of hydrogen-bond acceptors (Lipinski definition) is 6. The van der Waals surface area contributed by atoms with Crippen LogP contribution in [-0.4, -0.2) is 62.5 Å². The van der Waals surface area contributed by atoms with E-state index < -0.39 is 9.05 Å². The van der Waals surface area contributed by atoms with Gasteiger partial charge in [0.25, 0.3) is 0 Å². The molecule has 0 aromatic rings. The molecule has 0 radical (unpaired) electrons. The molecule has 21 heavy (non-hydrogen) atoms. The Kier molecular flexibility index (Phi) is 11.4. The predicted molar refractivity (Wildman–Crippen MR) is 82.7 cm³/mol. The second-order valence-electron chi connectivity index (χ2n) is 4.45. The van der Waals surface area contributed by atoms with Crippen molar-refractivity contribution in [1.29, 1.82) is 0 Å². The minimum absolute atomic E-state index is 0.0941. The summed E-state index contributed by atoms with van der Waals surface area (Å²) in [5, 5.41) is 6.05. The number of carbonyl (C=O) groups excluding carboxylic acids is 1. The van der Waals surface area contributed by atoms with Gasteiger partial charge in [0.15, 0.2) is 0 Å². The Hall–Kier alpha value is -0.773. The lowest BCUT2D eigenvalue weighted by molar-refractivity contribution is -0.117. The van der Waals surface area contributed by atoms with Crippen molar-refractivity contribution >= 4 is 15.0 Å². The van der Waals surface area contributed by atoms with E-state index in [0.29, 0.717) is 18.7 Å². The van der Waals surface area contributed by atoms with Crippen molar-refractivity contribution in [2.75, 3.05) is 47.6 Å². The van der Waals surface area contributed by atoms with Gasteiger partial charge in [0.1, 0.15) is 0 Å². The monoisotopic (exact) mass is 320 g/mol. The second-order valence-corrected chi connectivity index (χ2v) is 6.97. The normalized spacial score (nSPS) is 11.4. The fraction of sp³-hybridized carbons (Fsp3) is 0.769. The Bertz CT molecular complexity index is 303. The summed E-state index contributed by atoms with van der Waals surface area (Å²) in [6, 6.07) is 0. The van der Waals surface area contributed by atoms with Crippen LogP contribution in [-0.2, 0) is 22.5 Å². The van der Waals surface area contributed by atoms with Crippen molar-refractivity contribution < 1.29 is 22.5 Å². The maximum Gasteiger partial charge on any atom is 0.678 e. The Labute approximate surface area is 128 Å². The number of amides is 1. The van der Waals surface area contributed by atoms with Crippen LogP contribution < -0.4 is 10.6 Å². The first-order valence-corrected chi connectivity index (χ1v) is 8.58. The van der Waals surface area contributed by atoms with Gasteiger partial charge in [-0.3, -0.25) is 4.79 Å². The lowest BCUT2D eigenvalue weighted by Crippen LogP contribution is -2.46. The highest BCUT2D eigenvalue weighted by Crippen LogP contribution is 2.07. The van der Waals surface area contributed by atoms with Crippen molar-refractivity contribution in [3.8, 4) is 0 Å². The van der Waals surface area contributed by atoms with E-state index in [9.17, 15) is 4.79 Å². The summed E-state index contributed by atoms with van der Waals surface area (Å²) in [6.07, 6.45) is 1.69. The zero-order valence-corrected chi connectivity index (χ0v) is 14.5. The first-order chi connectivity index (χ1) is 10.0. The van der Waals surface area contributed by atoms with Crippen LogP contribution >= 0.6 is 0 Å². The van der Waals surface area contributed by atoms with E-state index in [1.807, 2.05) is 0 Å². The zero-order chi connectivity index (χ0) is 16.1. The fourth-order valence-electron chi connectivity index (χ4n) is 1.51. The molecule has 2 N–H and O–H groups in total. The van der Waals surface area contributed by atoms with Gasteiger partial charge in [-0.05, 0) is 32.9 Å². The number of nitrogens with one attached hydrogen (secondary N) is 2. The Morgan fingerprint density at radius 1 is 1.05 bits per heavy atom. The number of carbonyl (C=O) groups is 1. The Balaban J connectivity index is 3.48. The highest BCUT2D eigenvalue weighted by Gasteiger charge is 2.41. The van der Waals surface area contributed by atoms with Crippen LogP contribution in [0.1, 0.15) is 19.8 Å². The van der Waals surface area contributed by atoms with Crippen LogP contribution in [0.2, 0.25) is 0 Å². The lowest BCUT2D eigenvalue weighted by Gasteiger charge is -2.22. The maximum atomic E-state index is 11.2. The van der Waals surface area contributed by atoms with Gasteiger partial charge < -0.3 is 28.3 Å². The Morgan fingerprint density at radius 3 is 2.14 bits per heavy atom. The molecule has 0 rings (SSSR count). The zero-order valence-electron chi connectivity index (χ0n) is 13.5. The molecule has 0 heterocycles. The SMILES string of the molecule is C=C(C)C(=O)NCCCNCCCO[Si](OC)(OC)OC. The summed E-state index contributed by atoms with van der Waals surface area (Å²) in [5.41, 5.74) is 0.530. The molecule has 124 valence electrons. The average Bonchev–Trinajstić information content (AvgIpc) is 2.49. The molecular formula is C13H28N2O5Si.